The highest BCUT2D eigenvalue weighted by atomic mass is 19.3. The van der Waals surface area contributed by atoms with Gasteiger partial charge in [-0.25, -0.2) is 0 Å². The van der Waals surface area contributed by atoms with Crippen LogP contribution in [0, 0.1) is 0 Å². The van der Waals surface area contributed by atoms with Crippen LogP contribution in [0.25, 0.3) is 0 Å². The third-order valence-corrected chi connectivity index (χ3v) is 3.81. The number of benzene rings is 2. The first-order valence-corrected chi connectivity index (χ1v) is 6.94. The van der Waals surface area contributed by atoms with Crippen molar-refractivity contribution in [2.45, 2.75) is 25.2 Å². The molecule has 0 amide bonds. The van der Waals surface area contributed by atoms with Gasteiger partial charge >= 0.3 is 0 Å². The van der Waals surface area contributed by atoms with Crippen LogP contribution in [0.4, 0.5) is 14.5 Å². The molecule has 0 saturated carbocycles. The molecule has 3 heteroatoms. The molecule has 0 heterocycles. The maximum absolute atomic E-state index is 14.1. The van der Waals surface area contributed by atoms with E-state index in [-0.39, 0.29) is 12.1 Å². The second kappa shape index (κ2) is 5.23. The fourth-order valence-corrected chi connectivity index (χ4v) is 2.68. The van der Waals surface area contributed by atoms with E-state index in [2.05, 4.69) is 5.32 Å². The maximum Gasteiger partial charge on any atom is 0.290 e. The molecular formula is C17H17F2N. The molecule has 2 aromatic carbocycles. The van der Waals surface area contributed by atoms with Crippen molar-refractivity contribution < 1.29 is 8.78 Å². The fraction of sp³-hybridized carbons (Fsp3) is 0.294. The van der Waals surface area contributed by atoms with Gasteiger partial charge < -0.3 is 5.32 Å². The predicted molar refractivity (Wildman–Crippen MR) is 77.3 cm³/mol. The quantitative estimate of drug-likeness (QED) is 0.871. The second-order valence-electron chi connectivity index (χ2n) is 5.26. The first kappa shape index (κ1) is 13.1. The first-order valence-electron chi connectivity index (χ1n) is 6.94. The molecular weight excluding hydrogens is 256 g/mol. The number of rotatable bonds is 4. The zero-order valence-corrected chi connectivity index (χ0v) is 11.2. The van der Waals surface area contributed by atoms with Gasteiger partial charge in [0.15, 0.2) is 0 Å². The summed E-state index contributed by atoms with van der Waals surface area (Å²) in [4.78, 5) is 0. The monoisotopic (exact) mass is 273 g/mol. The molecule has 1 nitrogen and oxygen atoms in total. The molecule has 0 atom stereocenters. The smallest absolute Gasteiger partial charge is 0.290 e. The summed E-state index contributed by atoms with van der Waals surface area (Å²) in [6.07, 6.45) is 3.33. The first-order chi connectivity index (χ1) is 9.65. The van der Waals surface area contributed by atoms with Crippen LogP contribution in [0.1, 0.15) is 23.1 Å². The van der Waals surface area contributed by atoms with E-state index in [0.717, 1.165) is 18.5 Å². The highest BCUT2D eigenvalue weighted by molar-refractivity contribution is 5.50. The Kier molecular flexibility index (Phi) is 3.43. The number of hydrogen-bond donors (Lipinski definition) is 1. The van der Waals surface area contributed by atoms with Gasteiger partial charge in [-0.1, -0.05) is 36.4 Å². The van der Waals surface area contributed by atoms with Crippen molar-refractivity contribution >= 4 is 5.69 Å². The Bertz CT molecular complexity index is 593. The van der Waals surface area contributed by atoms with Gasteiger partial charge in [0, 0.05) is 11.3 Å². The Morgan fingerprint density at radius 3 is 2.50 bits per heavy atom. The maximum atomic E-state index is 14.1. The number of halogens is 2. The summed E-state index contributed by atoms with van der Waals surface area (Å²) in [7, 11) is 0. The zero-order chi connectivity index (χ0) is 14.0. The van der Waals surface area contributed by atoms with Crippen molar-refractivity contribution in [3.8, 4) is 0 Å². The summed E-state index contributed by atoms with van der Waals surface area (Å²) in [5, 5.41) is 2.86. The van der Waals surface area contributed by atoms with Crippen LogP contribution in [0.5, 0.6) is 0 Å². The van der Waals surface area contributed by atoms with Crippen LogP contribution in [0.3, 0.4) is 0 Å². The average Bonchev–Trinajstić information content (AvgIpc) is 2.94. The normalized spacial score (nSPS) is 14.1. The number of anilines is 1. The van der Waals surface area contributed by atoms with Gasteiger partial charge in [0.05, 0.1) is 6.54 Å². The van der Waals surface area contributed by atoms with Crippen LogP contribution in [-0.2, 0) is 18.8 Å². The predicted octanol–water partition coefficient (Wildman–Crippen LogP) is 4.38. The van der Waals surface area contributed by atoms with Crippen molar-refractivity contribution in [3.63, 3.8) is 0 Å². The molecule has 1 N–H and O–H groups in total. The molecule has 104 valence electrons. The molecule has 0 unspecified atom stereocenters. The second-order valence-corrected chi connectivity index (χ2v) is 5.26. The lowest BCUT2D eigenvalue weighted by atomic mass is 10.1. The minimum Gasteiger partial charge on any atom is -0.379 e. The third-order valence-electron chi connectivity index (χ3n) is 3.81. The Morgan fingerprint density at radius 1 is 0.950 bits per heavy atom. The van der Waals surface area contributed by atoms with Crippen LogP contribution < -0.4 is 5.32 Å². The van der Waals surface area contributed by atoms with Gasteiger partial charge in [-0.05, 0) is 42.5 Å². The van der Waals surface area contributed by atoms with E-state index < -0.39 is 5.92 Å². The topological polar surface area (TPSA) is 12.0 Å². The van der Waals surface area contributed by atoms with Crippen molar-refractivity contribution in [1.29, 1.82) is 0 Å². The summed E-state index contributed by atoms with van der Waals surface area (Å²) in [5.41, 5.74) is 3.47. The largest absolute Gasteiger partial charge is 0.379 e. The Morgan fingerprint density at radius 2 is 1.70 bits per heavy atom. The van der Waals surface area contributed by atoms with Gasteiger partial charge in [0.2, 0.25) is 0 Å². The molecule has 0 saturated heterocycles. The van der Waals surface area contributed by atoms with Gasteiger partial charge in [-0.15, -0.1) is 0 Å². The Hall–Kier alpha value is -1.90. The van der Waals surface area contributed by atoms with Crippen molar-refractivity contribution in [1.82, 2.24) is 0 Å². The van der Waals surface area contributed by atoms with Crippen molar-refractivity contribution in [2.24, 2.45) is 0 Å². The highest BCUT2D eigenvalue weighted by Gasteiger charge is 2.30. The lowest BCUT2D eigenvalue weighted by Gasteiger charge is -2.18. The molecule has 0 spiro atoms. The van der Waals surface area contributed by atoms with E-state index in [0.29, 0.717) is 0 Å². The van der Waals surface area contributed by atoms with Crippen molar-refractivity contribution in [3.05, 3.63) is 65.2 Å². The molecule has 3 rings (SSSR count). The van der Waals surface area contributed by atoms with Gasteiger partial charge in [0.25, 0.3) is 5.92 Å². The molecule has 0 fully saturated rings. The summed E-state index contributed by atoms with van der Waals surface area (Å²) in [5.74, 6) is -2.86. The molecule has 20 heavy (non-hydrogen) atoms. The molecule has 0 radical (unpaired) electrons. The molecule has 2 aromatic rings. The molecule has 0 aliphatic heterocycles. The third kappa shape index (κ3) is 2.67. The van der Waals surface area contributed by atoms with E-state index in [9.17, 15) is 8.78 Å². The van der Waals surface area contributed by atoms with E-state index in [1.807, 2.05) is 18.2 Å². The minimum absolute atomic E-state index is 0.0497. The lowest BCUT2D eigenvalue weighted by Crippen LogP contribution is -2.24. The van der Waals surface area contributed by atoms with Crippen LogP contribution in [-0.4, -0.2) is 6.54 Å². The number of fused-ring (bicyclic) bond motifs is 1. The standard InChI is InChI=1S/C17H17F2N/c18-17(19,15-7-2-1-3-8-15)12-20-16-10-9-13-5-4-6-14(13)11-16/h1-3,7-11,20H,4-6,12H2. The van der Waals surface area contributed by atoms with E-state index in [1.165, 1.54) is 29.7 Å². The van der Waals surface area contributed by atoms with Gasteiger partial charge in [-0.2, -0.15) is 8.78 Å². The van der Waals surface area contributed by atoms with Crippen LogP contribution in [0.15, 0.2) is 48.5 Å². The fourth-order valence-electron chi connectivity index (χ4n) is 2.68. The average molecular weight is 273 g/mol. The summed E-state index contributed by atoms with van der Waals surface area (Å²) in [6, 6.07) is 13.9. The molecule has 0 bridgehead atoms. The van der Waals surface area contributed by atoms with E-state index in [4.69, 9.17) is 0 Å². The Balaban J connectivity index is 1.70. The number of alkyl halides is 2. The number of nitrogens with one attached hydrogen (secondary N) is 1. The lowest BCUT2D eigenvalue weighted by molar-refractivity contribution is 0.0106. The van der Waals surface area contributed by atoms with Gasteiger partial charge in [0.1, 0.15) is 0 Å². The van der Waals surface area contributed by atoms with Gasteiger partial charge in [-0.3, -0.25) is 0 Å². The SMILES string of the molecule is FC(F)(CNc1ccc2c(c1)CCC2)c1ccccc1. The van der Waals surface area contributed by atoms with E-state index in [1.54, 1.807) is 18.2 Å². The Labute approximate surface area is 117 Å². The highest BCUT2D eigenvalue weighted by Crippen LogP contribution is 2.29. The zero-order valence-electron chi connectivity index (χ0n) is 11.2. The molecule has 1 aliphatic carbocycles. The summed E-state index contributed by atoms with van der Waals surface area (Å²) in [6.45, 7) is -0.379. The number of hydrogen-bond acceptors (Lipinski definition) is 1. The van der Waals surface area contributed by atoms with Crippen molar-refractivity contribution in [2.75, 3.05) is 11.9 Å². The van der Waals surface area contributed by atoms with Crippen LogP contribution >= 0.6 is 0 Å². The number of aryl methyl sites for hydroxylation is 2. The minimum atomic E-state index is -2.86. The molecule has 0 aromatic heterocycles. The molecule has 1 aliphatic rings. The van der Waals surface area contributed by atoms with E-state index >= 15 is 0 Å². The van der Waals surface area contributed by atoms with Crippen LogP contribution in [0.2, 0.25) is 0 Å². The summed E-state index contributed by atoms with van der Waals surface area (Å²) >= 11 is 0. The summed E-state index contributed by atoms with van der Waals surface area (Å²) < 4.78 is 28.1.